The number of ether oxygens (including phenoxy) is 1. The van der Waals surface area contributed by atoms with Crippen molar-refractivity contribution in [1.29, 1.82) is 0 Å². The van der Waals surface area contributed by atoms with Gasteiger partial charge in [0.05, 0.1) is 6.61 Å². The molecule has 2 rings (SSSR count). The molecule has 0 radical (unpaired) electrons. The maximum absolute atomic E-state index is 5.51. The van der Waals surface area contributed by atoms with Crippen molar-refractivity contribution < 1.29 is 4.74 Å². The van der Waals surface area contributed by atoms with Gasteiger partial charge < -0.3 is 10.1 Å². The van der Waals surface area contributed by atoms with E-state index in [1.54, 1.807) is 0 Å². The molecule has 2 heteroatoms. The molecule has 1 N–H and O–H groups in total. The van der Waals surface area contributed by atoms with Gasteiger partial charge in [-0.25, -0.2) is 0 Å². The molecule has 100 valence electrons. The van der Waals surface area contributed by atoms with Crippen LogP contribution in [0.25, 0.3) is 0 Å². The van der Waals surface area contributed by atoms with Crippen molar-refractivity contribution >= 4 is 0 Å². The predicted octanol–water partition coefficient (Wildman–Crippen LogP) is 3.13. The summed E-state index contributed by atoms with van der Waals surface area (Å²) >= 11 is 0. The summed E-state index contributed by atoms with van der Waals surface area (Å²) in [6, 6.07) is 4.54. The van der Waals surface area contributed by atoms with Gasteiger partial charge >= 0.3 is 0 Å². The van der Waals surface area contributed by atoms with Gasteiger partial charge in [-0.2, -0.15) is 0 Å². The third kappa shape index (κ3) is 3.56. The lowest BCUT2D eigenvalue weighted by Crippen LogP contribution is -2.29. The molecule has 1 saturated heterocycles. The minimum absolute atomic E-state index is 0.699. The fourth-order valence-electron chi connectivity index (χ4n) is 2.86. The summed E-state index contributed by atoms with van der Waals surface area (Å²) in [5, 5.41) is 3.59. The lowest BCUT2D eigenvalue weighted by atomic mass is 9.99. The zero-order valence-corrected chi connectivity index (χ0v) is 11.9. The predicted molar refractivity (Wildman–Crippen MR) is 75.9 cm³/mol. The van der Waals surface area contributed by atoms with Crippen LogP contribution in [0.1, 0.15) is 35.1 Å². The number of aryl methyl sites for hydroxylation is 3. The van der Waals surface area contributed by atoms with E-state index in [-0.39, 0.29) is 0 Å². The Morgan fingerprint density at radius 1 is 1.22 bits per heavy atom. The first-order valence-electron chi connectivity index (χ1n) is 7.02. The molecule has 0 spiro atoms. The van der Waals surface area contributed by atoms with Gasteiger partial charge in [0.25, 0.3) is 0 Å². The first-order valence-corrected chi connectivity index (χ1v) is 7.02. The van der Waals surface area contributed by atoms with Crippen LogP contribution in [0, 0.1) is 26.7 Å². The molecule has 0 aromatic heterocycles. The third-order valence-electron chi connectivity index (χ3n) is 3.83. The zero-order valence-electron chi connectivity index (χ0n) is 11.9. The van der Waals surface area contributed by atoms with E-state index in [1.165, 1.54) is 35.1 Å². The summed E-state index contributed by atoms with van der Waals surface area (Å²) in [6.07, 6.45) is 2.52. The number of benzene rings is 1. The van der Waals surface area contributed by atoms with Gasteiger partial charge in [-0.15, -0.1) is 0 Å². The third-order valence-corrected chi connectivity index (χ3v) is 3.83. The van der Waals surface area contributed by atoms with Crippen molar-refractivity contribution in [3.8, 4) is 0 Å². The molecular weight excluding hydrogens is 222 g/mol. The average molecular weight is 247 g/mol. The quantitative estimate of drug-likeness (QED) is 0.882. The first-order chi connectivity index (χ1) is 8.66. The highest BCUT2D eigenvalue weighted by Gasteiger charge is 2.13. The Kier molecular flexibility index (Phi) is 4.79. The zero-order chi connectivity index (χ0) is 13.0. The Morgan fingerprint density at radius 2 is 1.94 bits per heavy atom. The summed E-state index contributed by atoms with van der Waals surface area (Å²) < 4.78 is 5.51. The summed E-state index contributed by atoms with van der Waals surface area (Å²) in [5.74, 6) is 0.699. The van der Waals surface area contributed by atoms with E-state index < -0.39 is 0 Å². The maximum Gasteiger partial charge on any atom is 0.0506 e. The molecule has 1 aromatic carbocycles. The van der Waals surface area contributed by atoms with Crippen LogP contribution in [-0.4, -0.2) is 19.8 Å². The number of nitrogens with one attached hydrogen (secondary N) is 1. The molecule has 1 aromatic rings. The smallest absolute Gasteiger partial charge is 0.0506 e. The Balaban J connectivity index is 1.86. The highest BCUT2D eigenvalue weighted by atomic mass is 16.5. The second kappa shape index (κ2) is 6.35. The second-order valence-corrected chi connectivity index (χ2v) is 5.59. The number of hydrogen-bond donors (Lipinski definition) is 1. The minimum atomic E-state index is 0.699. The van der Waals surface area contributed by atoms with Crippen molar-refractivity contribution in [3.05, 3.63) is 34.4 Å². The van der Waals surface area contributed by atoms with Crippen LogP contribution in [0.4, 0.5) is 0 Å². The van der Waals surface area contributed by atoms with Crippen molar-refractivity contribution in [2.75, 3.05) is 19.8 Å². The molecule has 0 saturated carbocycles. The molecular formula is C16H25NO. The van der Waals surface area contributed by atoms with Crippen LogP contribution >= 0.6 is 0 Å². The van der Waals surface area contributed by atoms with E-state index in [2.05, 4.69) is 38.2 Å². The highest BCUT2D eigenvalue weighted by Crippen LogP contribution is 2.17. The van der Waals surface area contributed by atoms with E-state index in [0.29, 0.717) is 5.92 Å². The van der Waals surface area contributed by atoms with E-state index in [0.717, 1.165) is 26.3 Å². The van der Waals surface area contributed by atoms with Crippen LogP contribution in [0.15, 0.2) is 12.1 Å². The molecule has 0 aliphatic carbocycles. The first kappa shape index (κ1) is 13.6. The molecule has 0 bridgehead atoms. The summed E-state index contributed by atoms with van der Waals surface area (Å²) in [5.41, 5.74) is 5.62. The van der Waals surface area contributed by atoms with Gasteiger partial charge in [0, 0.05) is 19.7 Å². The van der Waals surface area contributed by atoms with Crippen LogP contribution < -0.4 is 5.32 Å². The molecule has 18 heavy (non-hydrogen) atoms. The van der Waals surface area contributed by atoms with E-state index >= 15 is 0 Å². The molecule has 1 heterocycles. The van der Waals surface area contributed by atoms with Crippen molar-refractivity contribution in [2.24, 2.45) is 5.92 Å². The van der Waals surface area contributed by atoms with Crippen LogP contribution in [-0.2, 0) is 11.3 Å². The fourth-order valence-corrected chi connectivity index (χ4v) is 2.86. The van der Waals surface area contributed by atoms with Gasteiger partial charge in [0.15, 0.2) is 0 Å². The lowest BCUT2D eigenvalue weighted by molar-refractivity contribution is 0.0547. The van der Waals surface area contributed by atoms with Crippen molar-refractivity contribution in [3.63, 3.8) is 0 Å². The number of hydrogen-bond acceptors (Lipinski definition) is 2. The summed E-state index contributed by atoms with van der Waals surface area (Å²) in [6.45, 7) is 10.5. The molecule has 2 nitrogen and oxygen atoms in total. The Labute approximate surface area is 111 Å². The van der Waals surface area contributed by atoms with Crippen LogP contribution in [0.3, 0.4) is 0 Å². The Bertz CT molecular complexity index is 371. The van der Waals surface area contributed by atoms with Crippen molar-refractivity contribution in [1.82, 2.24) is 5.32 Å². The molecule has 1 aliphatic rings. The standard InChI is InChI=1S/C16H25NO/c1-12-7-13(2)16(14(3)8-12)10-17-9-15-5-4-6-18-11-15/h7-8,15,17H,4-6,9-11H2,1-3H3. The van der Waals surface area contributed by atoms with E-state index in [9.17, 15) is 0 Å². The van der Waals surface area contributed by atoms with Crippen molar-refractivity contribution in [2.45, 2.75) is 40.2 Å². The number of rotatable bonds is 4. The average Bonchev–Trinajstić information content (AvgIpc) is 2.34. The van der Waals surface area contributed by atoms with E-state index in [1.807, 2.05) is 0 Å². The monoisotopic (exact) mass is 247 g/mol. The van der Waals surface area contributed by atoms with E-state index in [4.69, 9.17) is 4.74 Å². The SMILES string of the molecule is Cc1cc(C)c(CNCC2CCCOC2)c(C)c1. The van der Waals surface area contributed by atoms with Gasteiger partial charge in [-0.05, 0) is 56.2 Å². The van der Waals surface area contributed by atoms with Gasteiger partial charge in [0.2, 0.25) is 0 Å². The Hall–Kier alpha value is -0.860. The van der Waals surface area contributed by atoms with Gasteiger partial charge in [0.1, 0.15) is 0 Å². The minimum Gasteiger partial charge on any atom is -0.381 e. The van der Waals surface area contributed by atoms with Crippen LogP contribution in [0.5, 0.6) is 0 Å². The normalized spacial score (nSPS) is 20.1. The maximum atomic E-state index is 5.51. The lowest BCUT2D eigenvalue weighted by Gasteiger charge is -2.22. The summed E-state index contributed by atoms with van der Waals surface area (Å²) in [4.78, 5) is 0. The fraction of sp³-hybridized carbons (Fsp3) is 0.625. The molecule has 1 atom stereocenters. The van der Waals surface area contributed by atoms with Gasteiger partial charge in [-0.1, -0.05) is 17.7 Å². The van der Waals surface area contributed by atoms with Crippen LogP contribution in [0.2, 0.25) is 0 Å². The highest BCUT2D eigenvalue weighted by molar-refractivity contribution is 5.37. The second-order valence-electron chi connectivity index (χ2n) is 5.59. The van der Waals surface area contributed by atoms with Gasteiger partial charge in [-0.3, -0.25) is 0 Å². The largest absolute Gasteiger partial charge is 0.381 e. The molecule has 0 amide bonds. The summed E-state index contributed by atoms with van der Waals surface area (Å²) in [7, 11) is 0. The molecule has 1 fully saturated rings. The molecule has 1 unspecified atom stereocenters. The Morgan fingerprint density at radius 3 is 2.56 bits per heavy atom. The molecule has 1 aliphatic heterocycles. The topological polar surface area (TPSA) is 21.3 Å².